The van der Waals surface area contributed by atoms with E-state index in [0.717, 1.165) is 11.4 Å². The molecule has 0 saturated heterocycles. The molecule has 0 bridgehead atoms. The number of amides is 1. The third kappa shape index (κ3) is 3.05. The van der Waals surface area contributed by atoms with E-state index in [-0.39, 0.29) is 11.7 Å². The molecule has 0 aliphatic heterocycles. The van der Waals surface area contributed by atoms with Crippen molar-refractivity contribution in [3.63, 3.8) is 0 Å². The van der Waals surface area contributed by atoms with Crippen molar-refractivity contribution in [2.45, 2.75) is 26.8 Å². The number of aromatic nitrogens is 4. The number of hydrogen-bond donors (Lipinski definition) is 1. The molecule has 6 nitrogen and oxygen atoms in total. The van der Waals surface area contributed by atoms with Gasteiger partial charge in [0.05, 0.1) is 17.6 Å². The van der Waals surface area contributed by atoms with Crippen LogP contribution in [-0.4, -0.2) is 25.5 Å². The molecule has 7 heteroatoms. The number of carbonyl (C=O) groups excluding carboxylic acids is 1. The second-order valence-corrected chi connectivity index (χ2v) is 5.65. The fraction of sp³-hybridized carbons (Fsp3) is 0.235. The molecule has 0 aliphatic rings. The van der Waals surface area contributed by atoms with Crippen LogP contribution in [0.3, 0.4) is 0 Å². The Labute approximate surface area is 138 Å². The Bertz CT molecular complexity index is 883. The molecule has 1 N–H and O–H groups in total. The Kier molecular flexibility index (Phi) is 4.16. The fourth-order valence-corrected chi connectivity index (χ4v) is 2.59. The standard InChI is InChI=1S/C17H18FN5O/c1-11-9-12(2)22(21-11)13(3)17(24)20-16-7-8-19-23(16)15-6-4-5-14(18)10-15/h4-10,13H,1-3H3,(H,20,24). The number of rotatable bonds is 4. The summed E-state index contributed by atoms with van der Waals surface area (Å²) in [5.41, 5.74) is 2.31. The number of nitrogens with zero attached hydrogens (tertiary/aromatic N) is 4. The fourth-order valence-electron chi connectivity index (χ4n) is 2.59. The van der Waals surface area contributed by atoms with Crippen LogP contribution >= 0.6 is 0 Å². The molecule has 0 aliphatic carbocycles. The Morgan fingerprint density at radius 1 is 1.25 bits per heavy atom. The van der Waals surface area contributed by atoms with Crippen LogP contribution < -0.4 is 5.32 Å². The molecule has 3 rings (SSSR count). The zero-order valence-electron chi connectivity index (χ0n) is 13.7. The number of nitrogens with one attached hydrogen (secondary N) is 1. The lowest BCUT2D eigenvalue weighted by molar-refractivity contribution is -0.119. The summed E-state index contributed by atoms with van der Waals surface area (Å²) in [7, 11) is 0. The Hall–Kier alpha value is -2.96. The monoisotopic (exact) mass is 327 g/mol. The highest BCUT2D eigenvalue weighted by atomic mass is 19.1. The van der Waals surface area contributed by atoms with E-state index in [4.69, 9.17) is 0 Å². The van der Waals surface area contributed by atoms with E-state index in [2.05, 4.69) is 15.5 Å². The maximum Gasteiger partial charge on any atom is 0.250 e. The summed E-state index contributed by atoms with van der Waals surface area (Å²) in [5, 5.41) is 11.3. The molecule has 1 amide bonds. The van der Waals surface area contributed by atoms with Gasteiger partial charge in [0.15, 0.2) is 0 Å². The highest BCUT2D eigenvalue weighted by molar-refractivity contribution is 5.92. The summed E-state index contributed by atoms with van der Waals surface area (Å²) >= 11 is 0. The number of anilines is 1. The third-order valence-corrected chi connectivity index (χ3v) is 3.74. The Balaban J connectivity index is 1.83. The summed E-state index contributed by atoms with van der Waals surface area (Å²) in [4.78, 5) is 12.5. The molecular formula is C17H18FN5O. The largest absolute Gasteiger partial charge is 0.309 e. The van der Waals surface area contributed by atoms with Crippen molar-refractivity contribution in [2.24, 2.45) is 0 Å². The zero-order valence-corrected chi connectivity index (χ0v) is 13.7. The minimum Gasteiger partial charge on any atom is -0.309 e. The minimum absolute atomic E-state index is 0.223. The van der Waals surface area contributed by atoms with Gasteiger partial charge in [0.1, 0.15) is 17.7 Å². The first-order chi connectivity index (χ1) is 11.5. The van der Waals surface area contributed by atoms with E-state index in [0.29, 0.717) is 11.5 Å². The van der Waals surface area contributed by atoms with Crippen LogP contribution in [-0.2, 0) is 4.79 Å². The average molecular weight is 327 g/mol. The van der Waals surface area contributed by atoms with Gasteiger partial charge < -0.3 is 5.32 Å². The van der Waals surface area contributed by atoms with Crippen molar-refractivity contribution in [1.29, 1.82) is 0 Å². The van der Waals surface area contributed by atoms with Crippen LogP contribution in [0.25, 0.3) is 5.69 Å². The van der Waals surface area contributed by atoms with E-state index in [1.54, 1.807) is 36.0 Å². The molecule has 1 unspecified atom stereocenters. The molecule has 2 aromatic heterocycles. The number of hydrogen-bond acceptors (Lipinski definition) is 3. The first kappa shape index (κ1) is 15.9. The van der Waals surface area contributed by atoms with E-state index >= 15 is 0 Å². The van der Waals surface area contributed by atoms with E-state index < -0.39 is 6.04 Å². The molecule has 0 fully saturated rings. The SMILES string of the molecule is Cc1cc(C)n(C(C)C(=O)Nc2ccnn2-c2cccc(F)c2)n1. The normalized spacial score (nSPS) is 12.2. The van der Waals surface area contributed by atoms with Gasteiger partial charge in [-0.15, -0.1) is 0 Å². The first-order valence-electron chi connectivity index (χ1n) is 7.59. The highest BCUT2D eigenvalue weighted by Crippen LogP contribution is 2.18. The van der Waals surface area contributed by atoms with Crippen LogP contribution in [0.5, 0.6) is 0 Å². The van der Waals surface area contributed by atoms with Gasteiger partial charge in [0.25, 0.3) is 0 Å². The lowest BCUT2D eigenvalue weighted by Gasteiger charge is -2.15. The van der Waals surface area contributed by atoms with E-state index in [1.807, 2.05) is 19.9 Å². The van der Waals surface area contributed by atoms with Crippen molar-refractivity contribution in [2.75, 3.05) is 5.32 Å². The van der Waals surface area contributed by atoms with Gasteiger partial charge in [0, 0.05) is 11.8 Å². The molecular weight excluding hydrogens is 309 g/mol. The second-order valence-electron chi connectivity index (χ2n) is 5.65. The van der Waals surface area contributed by atoms with Crippen LogP contribution in [0.2, 0.25) is 0 Å². The maximum atomic E-state index is 13.4. The van der Waals surface area contributed by atoms with Gasteiger partial charge in [-0.25, -0.2) is 9.07 Å². The average Bonchev–Trinajstić information content (AvgIpc) is 3.12. The lowest BCUT2D eigenvalue weighted by atomic mass is 10.3. The molecule has 1 aromatic carbocycles. The quantitative estimate of drug-likeness (QED) is 0.801. The molecule has 0 radical (unpaired) electrons. The maximum absolute atomic E-state index is 13.4. The van der Waals surface area contributed by atoms with E-state index in [9.17, 15) is 9.18 Å². The topological polar surface area (TPSA) is 64.7 Å². The Morgan fingerprint density at radius 2 is 2.04 bits per heavy atom. The molecule has 124 valence electrons. The molecule has 2 heterocycles. The molecule has 0 saturated carbocycles. The van der Waals surface area contributed by atoms with E-state index in [1.165, 1.54) is 16.8 Å². The van der Waals surface area contributed by atoms with Gasteiger partial charge in [-0.1, -0.05) is 6.07 Å². The van der Waals surface area contributed by atoms with Crippen LogP contribution in [0, 0.1) is 19.7 Å². The lowest BCUT2D eigenvalue weighted by Crippen LogP contribution is -2.26. The van der Waals surface area contributed by atoms with Crippen molar-refractivity contribution in [1.82, 2.24) is 19.6 Å². The summed E-state index contributed by atoms with van der Waals surface area (Å²) < 4.78 is 16.6. The molecule has 0 spiro atoms. The second kappa shape index (κ2) is 6.27. The number of benzene rings is 1. The van der Waals surface area contributed by atoms with Gasteiger partial charge in [0.2, 0.25) is 5.91 Å². The molecule has 1 atom stereocenters. The van der Waals surface area contributed by atoms with Crippen LogP contribution in [0.1, 0.15) is 24.4 Å². The summed E-state index contributed by atoms with van der Waals surface area (Å²) in [6, 6.07) is 9.13. The summed E-state index contributed by atoms with van der Waals surface area (Å²) in [6.45, 7) is 5.56. The van der Waals surface area contributed by atoms with Crippen LogP contribution in [0.15, 0.2) is 42.6 Å². The number of carbonyl (C=O) groups is 1. The predicted molar refractivity (Wildman–Crippen MR) is 88.6 cm³/mol. The van der Waals surface area contributed by atoms with Crippen molar-refractivity contribution in [3.8, 4) is 5.69 Å². The highest BCUT2D eigenvalue weighted by Gasteiger charge is 2.19. The first-order valence-corrected chi connectivity index (χ1v) is 7.59. The minimum atomic E-state index is -0.477. The van der Waals surface area contributed by atoms with Gasteiger partial charge >= 0.3 is 0 Å². The molecule has 24 heavy (non-hydrogen) atoms. The molecule has 3 aromatic rings. The third-order valence-electron chi connectivity index (χ3n) is 3.74. The van der Waals surface area contributed by atoms with Gasteiger partial charge in [-0.3, -0.25) is 9.48 Å². The number of aryl methyl sites for hydroxylation is 2. The van der Waals surface area contributed by atoms with Gasteiger partial charge in [-0.05, 0) is 45.0 Å². The number of halogens is 1. The predicted octanol–water partition coefficient (Wildman–Crippen LogP) is 3.02. The van der Waals surface area contributed by atoms with Crippen LogP contribution in [0.4, 0.5) is 10.2 Å². The van der Waals surface area contributed by atoms with Gasteiger partial charge in [-0.2, -0.15) is 10.2 Å². The Morgan fingerprint density at radius 3 is 2.71 bits per heavy atom. The zero-order chi connectivity index (χ0) is 17.3. The van der Waals surface area contributed by atoms with Crippen molar-refractivity contribution in [3.05, 3.63) is 59.8 Å². The smallest absolute Gasteiger partial charge is 0.250 e. The van der Waals surface area contributed by atoms with Crippen molar-refractivity contribution >= 4 is 11.7 Å². The van der Waals surface area contributed by atoms with Crippen molar-refractivity contribution < 1.29 is 9.18 Å². The summed E-state index contributed by atoms with van der Waals surface area (Å²) in [6.07, 6.45) is 1.55. The summed E-state index contributed by atoms with van der Waals surface area (Å²) in [5.74, 6) is -0.116.